The molecular weight excluding hydrogens is 210 g/mol. The van der Waals surface area contributed by atoms with E-state index in [1.807, 2.05) is 13.8 Å². The van der Waals surface area contributed by atoms with Crippen LogP contribution in [0, 0.1) is 5.92 Å². The maximum atomic E-state index is 11.1. The Kier molecular flexibility index (Phi) is 4.22. The second-order valence-corrected chi connectivity index (χ2v) is 6.55. The molecule has 1 fully saturated rings. The van der Waals surface area contributed by atoms with Gasteiger partial charge in [0.1, 0.15) is 9.84 Å². The first-order valence-corrected chi connectivity index (χ1v) is 6.13. The first-order valence-electron chi connectivity index (χ1n) is 4.30. The van der Waals surface area contributed by atoms with E-state index in [0.717, 1.165) is 12.8 Å². The van der Waals surface area contributed by atoms with Crippen molar-refractivity contribution in [2.24, 2.45) is 11.7 Å². The standard InChI is InChI=1S/C8H17NO2S.ClH/c1-8(2,9)7-3-5-12(10,11)6-4-7;/h7H,3-6,9H2,1-2H3;1H. The summed E-state index contributed by atoms with van der Waals surface area (Å²) in [6.45, 7) is 3.94. The van der Waals surface area contributed by atoms with Gasteiger partial charge in [0.25, 0.3) is 0 Å². The van der Waals surface area contributed by atoms with Gasteiger partial charge in [0.15, 0.2) is 0 Å². The molecule has 0 spiro atoms. The highest BCUT2D eigenvalue weighted by Crippen LogP contribution is 2.26. The smallest absolute Gasteiger partial charge is 0.150 e. The predicted molar refractivity (Wildman–Crippen MR) is 56.9 cm³/mol. The van der Waals surface area contributed by atoms with Crippen LogP contribution in [0.25, 0.3) is 0 Å². The lowest BCUT2D eigenvalue weighted by Gasteiger charge is -2.33. The Labute approximate surface area is 86.4 Å². The topological polar surface area (TPSA) is 60.2 Å². The van der Waals surface area contributed by atoms with Crippen molar-refractivity contribution in [1.29, 1.82) is 0 Å². The zero-order chi connectivity index (χ0) is 9.41. The molecule has 0 aromatic rings. The molecule has 0 unspecified atom stereocenters. The third-order valence-electron chi connectivity index (χ3n) is 2.61. The van der Waals surface area contributed by atoms with E-state index < -0.39 is 9.84 Å². The summed E-state index contributed by atoms with van der Waals surface area (Å²) in [6.07, 6.45) is 1.46. The Morgan fingerprint density at radius 3 is 1.92 bits per heavy atom. The number of halogens is 1. The molecule has 1 saturated heterocycles. The lowest BCUT2D eigenvalue weighted by molar-refractivity contribution is 0.296. The number of sulfone groups is 1. The van der Waals surface area contributed by atoms with E-state index >= 15 is 0 Å². The normalized spacial score (nSPS) is 23.6. The van der Waals surface area contributed by atoms with Crippen LogP contribution in [-0.2, 0) is 9.84 Å². The molecule has 0 radical (unpaired) electrons. The summed E-state index contributed by atoms with van der Waals surface area (Å²) in [5.41, 5.74) is 5.68. The molecule has 0 amide bonds. The highest BCUT2D eigenvalue weighted by molar-refractivity contribution is 7.91. The molecule has 0 aromatic heterocycles. The Morgan fingerprint density at radius 2 is 1.62 bits per heavy atom. The van der Waals surface area contributed by atoms with E-state index in [4.69, 9.17) is 5.73 Å². The Hall–Kier alpha value is 0.200. The van der Waals surface area contributed by atoms with Gasteiger partial charge in [0, 0.05) is 5.54 Å². The van der Waals surface area contributed by atoms with Gasteiger partial charge in [-0.3, -0.25) is 0 Å². The molecular formula is C8H18ClNO2S. The van der Waals surface area contributed by atoms with Gasteiger partial charge in [-0.05, 0) is 32.6 Å². The van der Waals surface area contributed by atoms with E-state index in [1.54, 1.807) is 0 Å². The fraction of sp³-hybridized carbons (Fsp3) is 1.00. The molecule has 13 heavy (non-hydrogen) atoms. The van der Waals surface area contributed by atoms with Crippen LogP contribution in [0.1, 0.15) is 26.7 Å². The second-order valence-electron chi connectivity index (χ2n) is 4.25. The number of rotatable bonds is 1. The van der Waals surface area contributed by atoms with Gasteiger partial charge < -0.3 is 5.73 Å². The second kappa shape index (κ2) is 4.15. The van der Waals surface area contributed by atoms with E-state index in [2.05, 4.69) is 0 Å². The number of nitrogens with two attached hydrogens (primary N) is 1. The van der Waals surface area contributed by atoms with Gasteiger partial charge in [-0.15, -0.1) is 12.4 Å². The molecule has 1 aliphatic heterocycles. The van der Waals surface area contributed by atoms with Crippen molar-refractivity contribution in [1.82, 2.24) is 0 Å². The molecule has 3 nitrogen and oxygen atoms in total. The average molecular weight is 228 g/mol. The van der Waals surface area contributed by atoms with E-state index in [0.29, 0.717) is 17.4 Å². The molecule has 5 heteroatoms. The fourth-order valence-corrected chi connectivity index (χ4v) is 3.13. The minimum Gasteiger partial charge on any atom is -0.325 e. The maximum absolute atomic E-state index is 11.1. The van der Waals surface area contributed by atoms with Crippen molar-refractivity contribution in [2.45, 2.75) is 32.2 Å². The quantitative estimate of drug-likeness (QED) is 0.726. The van der Waals surface area contributed by atoms with Gasteiger partial charge >= 0.3 is 0 Å². The van der Waals surface area contributed by atoms with E-state index in [9.17, 15) is 8.42 Å². The molecule has 1 aliphatic rings. The van der Waals surface area contributed by atoms with Crippen LogP contribution in [0.4, 0.5) is 0 Å². The summed E-state index contributed by atoms with van der Waals surface area (Å²) < 4.78 is 22.2. The largest absolute Gasteiger partial charge is 0.325 e. The van der Waals surface area contributed by atoms with Crippen LogP contribution in [0.15, 0.2) is 0 Å². The third-order valence-corrected chi connectivity index (χ3v) is 4.32. The third kappa shape index (κ3) is 3.83. The fourth-order valence-electron chi connectivity index (χ4n) is 1.63. The Morgan fingerprint density at radius 1 is 1.23 bits per heavy atom. The summed E-state index contributed by atoms with van der Waals surface area (Å²) in [5.74, 6) is 0.998. The first kappa shape index (κ1) is 13.2. The van der Waals surface area contributed by atoms with E-state index in [1.165, 1.54) is 0 Å². The lowest BCUT2D eigenvalue weighted by atomic mass is 9.84. The predicted octanol–water partition coefficient (Wildman–Crippen LogP) is 0.970. The molecule has 0 atom stereocenters. The molecule has 0 saturated carbocycles. The molecule has 1 rings (SSSR count). The lowest BCUT2D eigenvalue weighted by Crippen LogP contribution is -2.44. The molecule has 0 aromatic carbocycles. The van der Waals surface area contributed by atoms with Gasteiger partial charge in [0.05, 0.1) is 11.5 Å². The van der Waals surface area contributed by atoms with Crippen molar-refractivity contribution in [2.75, 3.05) is 11.5 Å². The van der Waals surface area contributed by atoms with E-state index in [-0.39, 0.29) is 17.9 Å². The van der Waals surface area contributed by atoms with Crippen molar-refractivity contribution in [3.05, 3.63) is 0 Å². The summed E-state index contributed by atoms with van der Waals surface area (Å²) >= 11 is 0. The summed E-state index contributed by atoms with van der Waals surface area (Å²) in [6, 6.07) is 0. The van der Waals surface area contributed by atoms with Crippen molar-refractivity contribution >= 4 is 22.2 Å². The molecule has 1 heterocycles. The Bertz CT molecular complexity index is 242. The monoisotopic (exact) mass is 227 g/mol. The van der Waals surface area contributed by atoms with Crippen molar-refractivity contribution in [3.63, 3.8) is 0 Å². The minimum atomic E-state index is -2.73. The summed E-state index contributed by atoms with van der Waals surface area (Å²) in [7, 11) is -2.73. The molecule has 80 valence electrons. The number of hydrogen-bond acceptors (Lipinski definition) is 3. The first-order chi connectivity index (χ1) is 5.31. The van der Waals surface area contributed by atoms with Crippen molar-refractivity contribution < 1.29 is 8.42 Å². The average Bonchev–Trinajstić information content (AvgIpc) is 1.83. The highest BCUT2D eigenvalue weighted by atomic mass is 35.5. The van der Waals surface area contributed by atoms with Crippen LogP contribution < -0.4 is 5.73 Å². The maximum Gasteiger partial charge on any atom is 0.150 e. The van der Waals surface area contributed by atoms with Gasteiger partial charge in [-0.1, -0.05) is 0 Å². The zero-order valence-electron chi connectivity index (χ0n) is 8.12. The summed E-state index contributed by atoms with van der Waals surface area (Å²) in [5, 5.41) is 0. The van der Waals surface area contributed by atoms with Crippen molar-refractivity contribution in [3.8, 4) is 0 Å². The summed E-state index contributed by atoms with van der Waals surface area (Å²) in [4.78, 5) is 0. The minimum absolute atomic E-state index is 0. The van der Waals surface area contributed by atoms with Crippen LogP contribution >= 0.6 is 12.4 Å². The van der Waals surface area contributed by atoms with Gasteiger partial charge in [0.2, 0.25) is 0 Å². The molecule has 0 aliphatic carbocycles. The van der Waals surface area contributed by atoms with Crippen LogP contribution in [0.2, 0.25) is 0 Å². The SMILES string of the molecule is CC(C)(N)C1CCS(=O)(=O)CC1.Cl. The molecule has 2 N–H and O–H groups in total. The Balaban J connectivity index is 0.00000144. The van der Waals surface area contributed by atoms with Crippen LogP contribution in [0.5, 0.6) is 0 Å². The number of hydrogen-bond donors (Lipinski definition) is 1. The van der Waals surface area contributed by atoms with Crippen LogP contribution in [-0.4, -0.2) is 25.5 Å². The van der Waals surface area contributed by atoms with Crippen LogP contribution in [0.3, 0.4) is 0 Å². The highest BCUT2D eigenvalue weighted by Gasteiger charge is 2.31. The zero-order valence-corrected chi connectivity index (χ0v) is 9.75. The van der Waals surface area contributed by atoms with Gasteiger partial charge in [-0.25, -0.2) is 8.42 Å². The van der Waals surface area contributed by atoms with Gasteiger partial charge in [-0.2, -0.15) is 0 Å². The molecule has 0 bridgehead atoms.